The molecule has 1 saturated heterocycles. The molecule has 3 rings (SSSR count). The summed E-state index contributed by atoms with van der Waals surface area (Å²) in [7, 11) is -3.34. The number of hydrogen-bond acceptors (Lipinski definition) is 3. The molecule has 1 fully saturated rings. The van der Waals surface area contributed by atoms with Crippen molar-refractivity contribution in [3.8, 4) is 0 Å². The molecule has 5 nitrogen and oxygen atoms in total. The van der Waals surface area contributed by atoms with E-state index in [2.05, 4.69) is 5.32 Å². The molecule has 1 amide bonds. The van der Waals surface area contributed by atoms with Crippen LogP contribution in [-0.2, 0) is 10.0 Å². The third-order valence-electron chi connectivity index (χ3n) is 4.10. The van der Waals surface area contributed by atoms with Crippen LogP contribution in [0.5, 0.6) is 0 Å². The molecule has 0 saturated carbocycles. The first-order valence-corrected chi connectivity index (χ1v) is 9.37. The molecule has 26 heavy (non-hydrogen) atoms. The maximum Gasteiger partial charge on any atom is 0.258 e. The molecule has 2 aromatic rings. The van der Waals surface area contributed by atoms with Gasteiger partial charge in [-0.2, -0.15) is 0 Å². The van der Waals surface area contributed by atoms with Crippen LogP contribution in [0.15, 0.2) is 30.3 Å². The number of aryl methyl sites for hydroxylation is 1. The molecule has 1 N–H and O–H groups in total. The maximum atomic E-state index is 13.7. The Morgan fingerprint density at radius 3 is 2.46 bits per heavy atom. The highest BCUT2D eigenvalue weighted by atomic mass is 32.2. The number of carbonyl (C=O) groups excluding carboxylic acids is 1. The molecule has 1 aliphatic rings. The number of anilines is 2. The molecule has 138 valence electrons. The minimum atomic E-state index is -3.34. The van der Waals surface area contributed by atoms with Gasteiger partial charge in [-0.25, -0.2) is 21.6 Å². The molecule has 1 aliphatic heterocycles. The molecule has 0 spiro atoms. The van der Waals surface area contributed by atoms with Gasteiger partial charge in [0.25, 0.3) is 5.91 Å². The summed E-state index contributed by atoms with van der Waals surface area (Å²) in [6, 6.07) is 6.04. The van der Waals surface area contributed by atoms with Crippen molar-refractivity contribution in [1.29, 1.82) is 0 Å². The van der Waals surface area contributed by atoms with Gasteiger partial charge in [0, 0.05) is 12.2 Å². The topological polar surface area (TPSA) is 66.5 Å². The van der Waals surface area contributed by atoms with Crippen molar-refractivity contribution in [1.82, 2.24) is 0 Å². The van der Waals surface area contributed by atoms with E-state index in [0.29, 0.717) is 30.3 Å². The summed E-state index contributed by atoms with van der Waals surface area (Å²) >= 11 is 0. The second-order valence-electron chi connectivity index (χ2n) is 5.92. The third kappa shape index (κ3) is 3.26. The highest BCUT2D eigenvalue weighted by Crippen LogP contribution is 2.29. The molecule has 1 heterocycles. The Morgan fingerprint density at radius 1 is 1.12 bits per heavy atom. The first-order chi connectivity index (χ1) is 12.2. The van der Waals surface area contributed by atoms with E-state index in [4.69, 9.17) is 0 Å². The number of carbonyl (C=O) groups is 1. The highest BCUT2D eigenvalue weighted by molar-refractivity contribution is 7.93. The Balaban J connectivity index is 1.84. The smallest absolute Gasteiger partial charge is 0.258 e. The molecule has 9 heteroatoms. The van der Waals surface area contributed by atoms with Crippen LogP contribution in [0.25, 0.3) is 0 Å². The number of hydrogen-bond donors (Lipinski definition) is 1. The summed E-state index contributed by atoms with van der Waals surface area (Å²) < 4.78 is 65.2. The van der Waals surface area contributed by atoms with Crippen LogP contribution in [0, 0.1) is 24.4 Å². The van der Waals surface area contributed by atoms with E-state index < -0.39 is 38.9 Å². The average molecular weight is 384 g/mol. The van der Waals surface area contributed by atoms with Crippen molar-refractivity contribution in [2.45, 2.75) is 13.3 Å². The Bertz CT molecular complexity index is 993. The zero-order chi connectivity index (χ0) is 19.1. The molecular weight excluding hydrogens is 369 g/mol. The number of amides is 1. The van der Waals surface area contributed by atoms with Gasteiger partial charge in [-0.15, -0.1) is 0 Å². The van der Waals surface area contributed by atoms with Gasteiger partial charge in [0.1, 0.15) is 0 Å². The van der Waals surface area contributed by atoms with Crippen molar-refractivity contribution < 1.29 is 26.4 Å². The molecule has 0 bridgehead atoms. The summed E-state index contributed by atoms with van der Waals surface area (Å²) in [5.74, 6) is -5.53. The summed E-state index contributed by atoms with van der Waals surface area (Å²) in [4.78, 5) is 12.1. The van der Waals surface area contributed by atoms with Gasteiger partial charge >= 0.3 is 0 Å². The lowest BCUT2D eigenvalue weighted by Gasteiger charge is -2.20. The second kappa shape index (κ2) is 6.64. The predicted octanol–water partition coefficient (Wildman–Crippen LogP) is 3.20. The van der Waals surface area contributed by atoms with Crippen LogP contribution in [0.3, 0.4) is 0 Å². The lowest BCUT2D eigenvalue weighted by Crippen LogP contribution is -2.25. The predicted molar refractivity (Wildman–Crippen MR) is 91.2 cm³/mol. The van der Waals surface area contributed by atoms with Crippen LogP contribution < -0.4 is 9.62 Å². The molecule has 0 unspecified atom stereocenters. The van der Waals surface area contributed by atoms with E-state index in [1.807, 2.05) is 0 Å². The largest absolute Gasteiger partial charge is 0.322 e. The lowest BCUT2D eigenvalue weighted by atomic mass is 10.1. The van der Waals surface area contributed by atoms with Gasteiger partial charge in [-0.1, -0.05) is 0 Å². The van der Waals surface area contributed by atoms with E-state index in [1.165, 1.54) is 22.5 Å². The third-order valence-corrected chi connectivity index (χ3v) is 5.96. The Hall–Kier alpha value is -2.55. The lowest BCUT2D eigenvalue weighted by molar-refractivity contribution is 0.102. The number of halogens is 3. The molecule has 2 aromatic carbocycles. The zero-order valence-electron chi connectivity index (χ0n) is 13.7. The standard InChI is InChI=1S/C17H15F3N2O3S/c1-10-9-11(3-6-14(10)22-7-2-8-26(22,24)25)21-17(23)12-4-5-13(18)16(20)15(12)19/h3-6,9H,2,7-8H2,1H3,(H,21,23). The number of sulfonamides is 1. The van der Waals surface area contributed by atoms with E-state index >= 15 is 0 Å². The summed E-state index contributed by atoms with van der Waals surface area (Å²) in [6.45, 7) is 2.06. The van der Waals surface area contributed by atoms with Gasteiger partial charge < -0.3 is 5.32 Å². The fourth-order valence-corrected chi connectivity index (χ4v) is 4.45. The number of nitrogens with zero attached hydrogens (tertiary/aromatic N) is 1. The Morgan fingerprint density at radius 2 is 1.85 bits per heavy atom. The Labute approximate surface area is 148 Å². The molecule has 0 radical (unpaired) electrons. The monoisotopic (exact) mass is 384 g/mol. The van der Waals surface area contributed by atoms with Crippen molar-refractivity contribution in [2.24, 2.45) is 0 Å². The van der Waals surface area contributed by atoms with E-state index in [1.54, 1.807) is 6.92 Å². The van der Waals surface area contributed by atoms with Crippen molar-refractivity contribution >= 4 is 27.3 Å². The van der Waals surface area contributed by atoms with Crippen LogP contribution in [-0.4, -0.2) is 26.6 Å². The first kappa shape index (κ1) is 18.2. The van der Waals surface area contributed by atoms with Crippen LogP contribution in [0.1, 0.15) is 22.3 Å². The summed E-state index contributed by atoms with van der Waals surface area (Å²) in [5, 5.41) is 2.39. The van der Waals surface area contributed by atoms with Gasteiger partial charge in [-0.05, 0) is 49.2 Å². The van der Waals surface area contributed by atoms with E-state index in [-0.39, 0.29) is 11.4 Å². The number of nitrogens with one attached hydrogen (secondary N) is 1. The van der Waals surface area contributed by atoms with Gasteiger partial charge in [0.05, 0.1) is 17.0 Å². The minimum Gasteiger partial charge on any atom is -0.322 e. The van der Waals surface area contributed by atoms with E-state index in [0.717, 1.165) is 6.07 Å². The molecule has 0 atom stereocenters. The summed E-state index contributed by atoms with van der Waals surface area (Å²) in [6.07, 6.45) is 0.537. The number of benzene rings is 2. The quantitative estimate of drug-likeness (QED) is 0.827. The van der Waals surface area contributed by atoms with Gasteiger partial charge in [-0.3, -0.25) is 9.10 Å². The fourth-order valence-electron chi connectivity index (χ4n) is 2.82. The minimum absolute atomic E-state index is 0.0837. The first-order valence-electron chi connectivity index (χ1n) is 7.76. The van der Waals surface area contributed by atoms with Gasteiger partial charge in [0.15, 0.2) is 17.5 Å². The normalized spacial score (nSPS) is 15.9. The average Bonchev–Trinajstić information content (AvgIpc) is 2.92. The van der Waals surface area contributed by atoms with Crippen molar-refractivity contribution in [3.63, 3.8) is 0 Å². The van der Waals surface area contributed by atoms with E-state index in [9.17, 15) is 26.4 Å². The summed E-state index contributed by atoms with van der Waals surface area (Å²) in [5.41, 5.74) is 0.739. The van der Waals surface area contributed by atoms with Crippen LogP contribution >= 0.6 is 0 Å². The molecule has 0 aromatic heterocycles. The highest BCUT2D eigenvalue weighted by Gasteiger charge is 2.29. The van der Waals surface area contributed by atoms with Crippen molar-refractivity contribution in [3.05, 3.63) is 58.9 Å². The molecular formula is C17H15F3N2O3S. The SMILES string of the molecule is Cc1cc(NC(=O)c2ccc(F)c(F)c2F)ccc1N1CCCS1(=O)=O. The second-order valence-corrected chi connectivity index (χ2v) is 7.93. The number of rotatable bonds is 3. The maximum absolute atomic E-state index is 13.7. The van der Waals surface area contributed by atoms with Gasteiger partial charge in [0.2, 0.25) is 10.0 Å². The van der Waals surface area contributed by atoms with Crippen LogP contribution in [0.4, 0.5) is 24.5 Å². The fraction of sp³-hybridized carbons (Fsp3) is 0.235. The van der Waals surface area contributed by atoms with Crippen LogP contribution in [0.2, 0.25) is 0 Å². The Kier molecular flexibility index (Phi) is 4.66. The zero-order valence-corrected chi connectivity index (χ0v) is 14.5. The molecule has 0 aliphatic carbocycles. The van der Waals surface area contributed by atoms with Crippen molar-refractivity contribution in [2.75, 3.05) is 21.9 Å².